The Morgan fingerprint density at radius 1 is 0.606 bits per heavy atom. The summed E-state index contributed by atoms with van der Waals surface area (Å²) in [4.78, 5) is 23.5. The SMILES string of the molecule is O=C(CCCCCCCC(=O)NN=CC=Cc1ccccc1)NN=CC=Cc1ccccc1. The van der Waals surface area contributed by atoms with Crippen molar-refractivity contribution in [3.63, 3.8) is 0 Å². The number of benzene rings is 2. The molecule has 0 atom stereocenters. The van der Waals surface area contributed by atoms with Crippen molar-refractivity contribution in [1.82, 2.24) is 10.9 Å². The molecule has 0 saturated carbocycles. The maximum atomic E-state index is 11.8. The Hall–Kier alpha value is -3.80. The molecule has 2 aromatic rings. The van der Waals surface area contributed by atoms with Crippen LogP contribution in [0.1, 0.15) is 56.1 Å². The smallest absolute Gasteiger partial charge is 0.240 e. The van der Waals surface area contributed by atoms with Gasteiger partial charge in [-0.15, -0.1) is 0 Å². The van der Waals surface area contributed by atoms with E-state index in [0.29, 0.717) is 12.8 Å². The molecule has 0 radical (unpaired) electrons. The first kappa shape index (κ1) is 25.5. The average Bonchev–Trinajstić information content (AvgIpc) is 2.84. The summed E-state index contributed by atoms with van der Waals surface area (Å²) < 4.78 is 0. The minimum atomic E-state index is -0.0853. The number of amides is 2. The van der Waals surface area contributed by atoms with Gasteiger partial charge >= 0.3 is 0 Å². The van der Waals surface area contributed by atoms with Gasteiger partial charge < -0.3 is 0 Å². The molecule has 0 heterocycles. The molecule has 0 fully saturated rings. The highest BCUT2D eigenvalue weighted by atomic mass is 16.2. The predicted molar refractivity (Wildman–Crippen MR) is 137 cm³/mol. The number of carbonyl (C=O) groups is 2. The van der Waals surface area contributed by atoms with Crippen LogP contribution in [-0.2, 0) is 9.59 Å². The van der Waals surface area contributed by atoms with Crippen LogP contribution in [0.25, 0.3) is 12.2 Å². The standard InChI is InChI=1S/C27H32N4O2/c32-26(30-28-22-12-18-24-14-6-4-7-15-24)20-10-2-1-3-11-21-27(33)31-29-23-13-19-25-16-8-5-9-17-25/h4-9,12-19,22-23H,1-3,10-11,20-21H2,(H,30,32)(H,31,33). The van der Waals surface area contributed by atoms with Crippen LogP contribution in [0.4, 0.5) is 0 Å². The summed E-state index contributed by atoms with van der Waals surface area (Å²) in [6.45, 7) is 0. The molecule has 6 nitrogen and oxygen atoms in total. The molecule has 2 amide bonds. The van der Waals surface area contributed by atoms with Crippen molar-refractivity contribution in [3.05, 3.63) is 83.9 Å². The molecule has 0 saturated heterocycles. The third kappa shape index (κ3) is 13.3. The summed E-state index contributed by atoms with van der Waals surface area (Å²) in [7, 11) is 0. The molecule has 0 unspecified atom stereocenters. The predicted octanol–water partition coefficient (Wildman–Crippen LogP) is 5.35. The van der Waals surface area contributed by atoms with E-state index >= 15 is 0 Å². The normalized spacial score (nSPS) is 11.6. The average molecular weight is 445 g/mol. The molecule has 0 aliphatic heterocycles. The fourth-order valence-corrected chi connectivity index (χ4v) is 2.95. The zero-order chi connectivity index (χ0) is 23.4. The van der Waals surface area contributed by atoms with Crippen molar-refractivity contribution in [3.8, 4) is 0 Å². The van der Waals surface area contributed by atoms with Gasteiger partial charge in [-0.25, -0.2) is 10.9 Å². The molecule has 0 aliphatic rings. The van der Waals surface area contributed by atoms with E-state index in [0.717, 1.165) is 43.2 Å². The van der Waals surface area contributed by atoms with E-state index in [1.807, 2.05) is 72.8 Å². The molecule has 172 valence electrons. The van der Waals surface area contributed by atoms with Gasteiger partial charge in [-0.3, -0.25) is 9.59 Å². The second kappa shape index (κ2) is 16.8. The summed E-state index contributed by atoms with van der Waals surface area (Å²) in [6.07, 6.45) is 16.0. The summed E-state index contributed by atoms with van der Waals surface area (Å²) in [6, 6.07) is 19.8. The monoisotopic (exact) mass is 444 g/mol. The van der Waals surface area contributed by atoms with Crippen LogP contribution in [0.15, 0.2) is 83.0 Å². The fourth-order valence-electron chi connectivity index (χ4n) is 2.95. The largest absolute Gasteiger partial charge is 0.273 e. The van der Waals surface area contributed by atoms with Crippen molar-refractivity contribution in [2.75, 3.05) is 0 Å². The topological polar surface area (TPSA) is 82.9 Å². The highest BCUT2D eigenvalue weighted by molar-refractivity contribution is 5.82. The molecular formula is C27H32N4O2. The third-order valence-corrected chi connectivity index (χ3v) is 4.68. The van der Waals surface area contributed by atoms with Crippen molar-refractivity contribution in [1.29, 1.82) is 0 Å². The van der Waals surface area contributed by atoms with Crippen LogP contribution in [0.5, 0.6) is 0 Å². The van der Waals surface area contributed by atoms with E-state index in [1.165, 1.54) is 0 Å². The Morgan fingerprint density at radius 2 is 1.00 bits per heavy atom. The highest BCUT2D eigenvalue weighted by Gasteiger charge is 2.01. The summed E-state index contributed by atoms with van der Waals surface area (Å²) in [5.41, 5.74) is 7.22. The first-order valence-electron chi connectivity index (χ1n) is 11.3. The van der Waals surface area contributed by atoms with E-state index in [1.54, 1.807) is 24.6 Å². The number of carbonyl (C=O) groups excluding carboxylic acids is 2. The van der Waals surface area contributed by atoms with E-state index in [9.17, 15) is 9.59 Å². The van der Waals surface area contributed by atoms with Gasteiger partial charge in [0.15, 0.2) is 0 Å². The van der Waals surface area contributed by atoms with E-state index in [2.05, 4.69) is 21.1 Å². The summed E-state index contributed by atoms with van der Waals surface area (Å²) in [5, 5.41) is 7.83. The molecule has 33 heavy (non-hydrogen) atoms. The molecule has 2 rings (SSSR count). The minimum Gasteiger partial charge on any atom is -0.273 e. The number of unbranched alkanes of at least 4 members (excludes halogenated alkanes) is 4. The lowest BCUT2D eigenvalue weighted by Crippen LogP contribution is -2.16. The number of hydrogen-bond donors (Lipinski definition) is 2. The van der Waals surface area contributed by atoms with E-state index in [4.69, 9.17) is 0 Å². The Morgan fingerprint density at radius 3 is 1.42 bits per heavy atom. The maximum Gasteiger partial charge on any atom is 0.240 e. The van der Waals surface area contributed by atoms with Crippen molar-refractivity contribution in [2.24, 2.45) is 10.2 Å². The highest BCUT2D eigenvalue weighted by Crippen LogP contribution is 2.07. The number of allylic oxidation sites excluding steroid dienone is 2. The molecule has 6 heteroatoms. The molecule has 0 aliphatic carbocycles. The maximum absolute atomic E-state index is 11.8. The Balaban J connectivity index is 1.42. The number of hydrazone groups is 2. The summed E-state index contributed by atoms with van der Waals surface area (Å²) in [5.74, 6) is -0.171. The second-order valence-corrected chi connectivity index (χ2v) is 7.43. The Bertz CT molecular complexity index is 858. The molecule has 0 spiro atoms. The van der Waals surface area contributed by atoms with Crippen LogP contribution in [0.3, 0.4) is 0 Å². The number of hydrogen-bond acceptors (Lipinski definition) is 4. The van der Waals surface area contributed by atoms with Crippen LogP contribution in [0.2, 0.25) is 0 Å². The van der Waals surface area contributed by atoms with Crippen LogP contribution >= 0.6 is 0 Å². The van der Waals surface area contributed by atoms with Crippen molar-refractivity contribution >= 4 is 36.4 Å². The quantitative estimate of drug-likeness (QED) is 0.234. The first-order valence-corrected chi connectivity index (χ1v) is 11.3. The van der Waals surface area contributed by atoms with Crippen molar-refractivity contribution < 1.29 is 9.59 Å². The molecule has 2 N–H and O–H groups in total. The molecular weight excluding hydrogens is 412 g/mol. The minimum absolute atomic E-state index is 0.0853. The molecule has 0 aromatic heterocycles. The second-order valence-electron chi connectivity index (χ2n) is 7.43. The van der Waals surface area contributed by atoms with Gasteiger partial charge in [-0.05, 0) is 36.1 Å². The van der Waals surface area contributed by atoms with Gasteiger partial charge in [-0.2, -0.15) is 10.2 Å². The third-order valence-electron chi connectivity index (χ3n) is 4.68. The van der Waals surface area contributed by atoms with E-state index in [-0.39, 0.29) is 11.8 Å². The number of rotatable bonds is 14. The lowest BCUT2D eigenvalue weighted by molar-refractivity contribution is -0.121. The first-order chi connectivity index (χ1) is 16.2. The van der Waals surface area contributed by atoms with Gasteiger partial charge in [0.25, 0.3) is 0 Å². The van der Waals surface area contributed by atoms with Crippen LogP contribution in [0, 0.1) is 0 Å². The lowest BCUT2D eigenvalue weighted by atomic mass is 10.1. The van der Waals surface area contributed by atoms with Gasteiger partial charge in [0.05, 0.1) is 0 Å². The fraction of sp³-hybridized carbons (Fsp3) is 0.259. The van der Waals surface area contributed by atoms with Crippen molar-refractivity contribution in [2.45, 2.75) is 44.9 Å². The zero-order valence-corrected chi connectivity index (χ0v) is 18.9. The van der Waals surface area contributed by atoms with Crippen LogP contribution in [-0.4, -0.2) is 24.2 Å². The molecule has 0 bridgehead atoms. The number of nitrogens with zero attached hydrogens (tertiary/aromatic N) is 2. The lowest BCUT2D eigenvalue weighted by Gasteiger charge is -2.02. The zero-order valence-electron chi connectivity index (χ0n) is 18.9. The van der Waals surface area contributed by atoms with Gasteiger partial charge in [0.2, 0.25) is 11.8 Å². The van der Waals surface area contributed by atoms with Gasteiger partial charge in [-0.1, -0.05) is 92.1 Å². The Kier molecular flexibility index (Phi) is 13.0. The van der Waals surface area contributed by atoms with Crippen LogP contribution < -0.4 is 10.9 Å². The van der Waals surface area contributed by atoms with Gasteiger partial charge in [0, 0.05) is 25.3 Å². The molecule has 2 aromatic carbocycles. The van der Waals surface area contributed by atoms with E-state index < -0.39 is 0 Å². The number of nitrogens with one attached hydrogen (secondary N) is 2. The van der Waals surface area contributed by atoms with Gasteiger partial charge in [0.1, 0.15) is 0 Å². The Labute approximate surface area is 196 Å². The summed E-state index contributed by atoms with van der Waals surface area (Å²) >= 11 is 0.